The number of thioether (sulfide) groups is 1. The Morgan fingerprint density at radius 1 is 1.06 bits per heavy atom. The van der Waals surface area contributed by atoms with Crippen LogP contribution in [0.15, 0.2) is 29.2 Å². The Kier molecular flexibility index (Phi) is 5.26. The number of benzene rings is 1. The third kappa shape index (κ3) is 5.01. The first kappa shape index (κ1) is 15.5. The highest BCUT2D eigenvalue weighted by Gasteiger charge is 2.21. The molecule has 2 N–H and O–H groups in total. The molecule has 0 radical (unpaired) electrons. The van der Waals surface area contributed by atoms with E-state index in [4.69, 9.17) is 0 Å². The molecule has 102 valence electrons. The van der Waals surface area contributed by atoms with Crippen LogP contribution in [0.25, 0.3) is 0 Å². The van der Waals surface area contributed by atoms with Gasteiger partial charge >= 0.3 is 0 Å². The zero-order valence-electron chi connectivity index (χ0n) is 12.1. The molecule has 0 amide bonds. The lowest BCUT2D eigenvalue weighted by Gasteiger charge is -2.28. The minimum absolute atomic E-state index is 0.0716. The van der Waals surface area contributed by atoms with Crippen LogP contribution in [0.5, 0.6) is 0 Å². The number of nitrogens with one attached hydrogen (secondary N) is 1. The van der Waals surface area contributed by atoms with Gasteiger partial charge in [-0.25, -0.2) is 0 Å². The van der Waals surface area contributed by atoms with E-state index in [1.165, 1.54) is 10.5 Å². The lowest BCUT2D eigenvalue weighted by Crippen LogP contribution is -2.41. The van der Waals surface area contributed by atoms with Crippen LogP contribution >= 0.6 is 11.8 Å². The number of hydrogen-bond acceptors (Lipinski definition) is 3. The maximum atomic E-state index is 9.69. The van der Waals surface area contributed by atoms with E-state index in [9.17, 15) is 5.11 Å². The van der Waals surface area contributed by atoms with Gasteiger partial charge in [0, 0.05) is 23.4 Å². The quantitative estimate of drug-likeness (QED) is 0.777. The molecule has 1 aromatic carbocycles. The van der Waals surface area contributed by atoms with Gasteiger partial charge in [-0.2, -0.15) is 0 Å². The van der Waals surface area contributed by atoms with Crippen molar-refractivity contribution in [1.82, 2.24) is 5.32 Å². The highest BCUT2D eigenvalue weighted by molar-refractivity contribution is 7.98. The number of hydrogen-bond donors (Lipinski definition) is 2. The van der Waals surface area contributed by atoms with Crippen LogP contribution in [0.1, 0.15) is 33.3 Å². The molecule has 0 aliphatic carbocycles. The summed E-state index contributed by atoms with van der Waals surface area (Å²) < 4.78 is 0. The molecule has 0 heterocycles. The molecule has 1 aromatic rings. The molecule has 0 fully saturated rings. The third-order valence-corrected chi connectivity index (χ3v) is 3.74. The summed E-state index contributed by atoms with van der Waals surface area (Å²) in [6, 6.07) is 8.71. The van der Waals surface area contributed by atoms with Gasteiger partial charge in [0.15, 0.2) is 0 Å². The van der Waals surface area contributed by atoms with E-state index in [1.54, 1.807) is 11.8 Å². The first-order valence-corrected chi connectivity index (χ1v) is 7.55. The molecule has 0 aromatic heterocycles. The maximum absolute atomic E-state index is 9.69. The fourth-order valence-electron chi connectivity index (χ4n) is 1.83. The standard InChI is InChI=1S/C15H25NOS/c1-14(2,10-16-11-15(3,4)17)12-6-8-13(18-5)9-7-12/h6-9,16-17H,10-11H2,1-5H3. The van der Waals surface area contributed by atoms with Crippen LogP contribution in [0.4, 0.5) is 0 Å². The fraction of sp³-hybridized carbons (Fsp3) is 0.600. The van der Waals surface area contributed by atoms with E-state index in [1.807, 2.05) is 13.8 Å². The topological polar surface area (TPSA) is 32.3 Å². The van der Waals surface area contributed by atoms with Crippen LogP contribution < -0.4 is 5.32 Å². The molecule has 0 spiro atoms. The van der Waals surface area contributed by atoms with Crippen LogP contribution in [-0.2, 0) is 5.41 Å². The summed E-state index contributed by atoms with van der Waals surface area (Å²) >= 11 is 1.76. The first-order chi connectivity index (χ1) is 8.24. The van der Waals surface area contributed by atoms with Gasteiger partial charge in [0.1, 0.15) is 0 Å². The van der Waals surface area contributed by atoms with Crippen molar-refractivity contribution in [3.05, 3.63) is 29.8 Å². The Balaban J connectivity index is 2.61. The summed E-state index contributed by atoms with van der Waals surface area (Å²) in [6.45, 7) is 9.55. The molecule has 0 atom stereocenters. The summed E-state index contributed by atoms with van der Waals surface area (Å²) in [7, 11) is 0. The average Bonchev–Trinajstić information content (AvgIpc) is 2.27. The Labute approximate surface area is 115 Å². The highest BCUT2D eigenvalue weighted by atomic mass is 32.2. The summed E-state index contributed by atoms with van der Waals surface area (Å²) in [5.41, 5.74) is 0.740. The summed E-state index contributed by atoms with van der Waals surface area (Å²) in [4.78, 5) is 1.29. The summed E-state index contributed by atoms with van der Waals surface area (Å²) in [5.74, 6) is 0. The Bertz CT molecular complexity index is 365. The largest absolute Gasteiger partial charge is 0.389 e. The van der Waals surface area contributed by atoms with Crippen molar-refractivity contribution in [2.24, 2.45) is 0 Å². The molecular weight excluding hydrogens is 242 g/mol. The van der Waals surface area contributed by atoms with Gasteiger partial charge in [-0.05, 0) is 37.8 Å². The van der Waals surface area contributed by atoms with E-state index < -0.39 is 5.60 Å². The fourth-order valence-corrected chi connectivity index (χ4v) is 2.23. The molecule has 3 heteroatoms. The van der Waals surface area contributed by atoms with Gasteiger partial charge in [-0.15, -0.1) is 11.8 Å². The molecule has 0 saturated heterocycles. The average molecular weight is 267 g/mol. The van der Waals surface area contributed by atoms with E-state index in [0.717, 1.165) is 6.54 Å². The predicted molar refractivity (Wildman–Crippen MR) is 80.4 cm³/mol. The summed E-state index contributed by atoms with van der Waals surface area (Å²) in [6.07, 6.45) is 2.09. The van der Waals surface area contributed by atoms with Crippen molar-refractivity contribution in [3.63, 3.8) is 0 Å². The van der Waals surface area contributed by atoms with Gasteiger partial charge < -0.3 is 10.4 Å². The zero-order valence-corrected chi connectivity index (χ0v) is 12.9. The van der Waals surface area contributed by atoms with Gasteiger partial charge in [0.05, 0.1) is 5.60 Å². The molecule has 1 rings (SSSR count). The van der Waals surface area contributed by atoms with Gasteiger partial charge in [0.25, 0.3) is 0 Å². The second-order valence-electron chi connectivity index (χ2n) is 6.03. The Morgan fingerprint density at radius 2 is 1.61 bits per heavy atom. The third-order valence-electron chi connectivity index (χ3n) is 3.00. The van der Waals surface area contributed by atoms with Crippen molar-refractivity contribution in [2.45, 2.75) is 43.6 Å². The minimum atomic E-state index is -0.654. The minimum Gasteiger partial charge on any atom is -0.389 e. The van der Waals surface area contributed by atoms with E-state index >= 15 is 0 Å². The van der Waals surface area contributed by atoms with Crippen molar-refractivity contribution in [2.75, 3.05) is 19.3 Å². The van der Waals surface area contributed by atoms with E-state index in [-0.39, 0.29) is 5.41 Å². The van der Waals surface area contributed by atoms with Crippen LogP contribution in [0, 0.1) is 0 Å². The molecule has 0 bridgehead atoms. The maximum Gasteiger partial charge on any atom is 0.0715 e. The number of aliphatic hydroxyl groups is 1. The van der Waals surface area contributed by atoms with E-state index in [0.29, 0.717) is 6.54 Å². The Morgan fingerprint density at radius 3 is 2.06 bits per heavy atom. The Hall–Kier alpha value is -0.510. The first-order valence-electron chi connectivity index (χ1n) is 6.32. The summed E-state index contributed by atoms with van der Waals surface area (Å²) in [5, 5.41) is 13.0. The molecule has 2 nitrogen and oxygen atoms in total. The van der Waals surface area contributed by atoms with Crippen LogP contribution in [0.2, 0.25) is 0 Å². The monoisotopic (exact) mass is 267 g/mol. The van der Waals surface area contributed by atoms with Crippen molar-refractivity contribution in [3.8, 4) is 0 Å². The number of rotatable bonds is 6. The highest BCUT2D eigenvalue weighted by Crippen LogP contribution is 2.25. The van der Waals surface area contributed by atoms with Crippen molar-refractivity contribution < 1.29 is 5.11 Å². The normalized spacial score (nSPS) is 12.8. The van der Waals surface area contributed by atoms with Gasteiger partial charge in [0.2, 0.25) is 0 Å². The van der Waals surface area contributed by atoms with Gasteiger partial charge in [-0.1, -0.05) is 26.0 Å². The molecule has 0 aliphatic rings. The zero-order chi connectivity index (χ0) is 13.8. The van der Waals surface area contributed by atoms with Crippen LogP contribution in [-0.4, -0.2) is 30.1 Å². The predicted octanol–water partition coefficient (Wildman–Crippen LogP) is 3.05. The second-order valence-corrected chi connectivity index (χ2v) is 6.91. The molecule has 0 saturated carbocycles. The van der Waals surface area contributed by atoms with Crippen LogP contribution in [0.3, 0.4) is 0 Å². The second kappa shape index (κ2) is 6.09. The molecule has 0 unspecified atom stereocenters. The molecule has 18 heavy (non-hydrogen) atoms. The lowest BCUT2D eigenvalue weighted by molar-refractivity contribution is 0.0785. The van der Waals surface area contributed by atoms with E-state index in [2.05, 4.69) is 49.7 Å². The van der Waals surface area contributed by atoms with Crippen molar-refractivity contribution >= 4 is 11.8 Å². The lowest BCUT2D eigenvalue weighted by atomic mass is 9.84. The molecule has 0 aliphatic heterocycles. The van der Waals surface area contributed by atoms with Gasteiger partial charge in [-0.3, -0.25) is 0 Å². The SMILES string of the molecule is CSc1ccc(C(C)(C)CNCC(C)(C)O)cc1. The smallest absolute Gasteiger partial charge is 0.0715 e. The molecular formula is C15H25NOS. The van der Waals surface area contributed by atoms with Crippen molar-refractivity contribution in [1.29, 1.82) is 0 Å².